The Morgan fingerprint density at radius 3 is 2.77 bits per heavy atom. The van der Waals surface area contributed by atoms with Crippen molar-refractivity contribution in [1.29, 1.82) is 0 Å². The molecule has 0 radical (unpaired) electrons. The van der Waals surface area contributed by atoms with E-state index in [1.54, 1.807) is 24.5 Å². The molecule has 7 nitrogen and oxygen atoms in total. The summed E-state index contributed by atoms with van der Waals surface area (Å²) in [6, 6.07) is 13.0. The number of ether oxygens (including phenoxy) is 2. The first-order chi connectivity index (χ1) is 14.7. The summed E-state index contributed by atoms with van der Waals surface area (Å²) in [7, 11) is 0. The van der Waals surface area contributed by atoms with Crippen LogP contribution >= 0.6 is 23.2 Å². The molecule has 3 aromatic heterocycles. The maximum absolute atomic E-state index is 6.41. The van der Waals surface area contributed by atoms with Crippen molar-refractivity contribution in [2.24, 2.45) is 0 Å². The highest BCUT2D eigenvalue weighted by molar-refractivity contribution is 6.32. The van der Waals surface area contributed by atoms with Crippen molar-refractivity contribution in [3.05, 3.63) is 65.6 Å². The standard InChI is InChI=1S/C21H19Cl2N5O2/c22-8-3-11-29-21-19-17(27-28-21)7-10-25-20(19)26-14-5-6-18(16(23)12-14)30-13-15-4-1-2-9-24-15/h1-2,4-7,9-10,12H,3,8,11,13H2,(H,25,26)(H,27,28). The maximum atomic E-state index is 6.41. The van der Waals surface area contributed by atoms with Crippen molar-refractivity contribution in [2.45, 2.75) is 13.0 Å². The van der Waals surface area contributed by atoms with Crippen LogP contribution < -0.4 is 14.8 Å². The van der Waals surface area contributed by atoms with Gasteiger partial charge in [-0.3, -0.25) is 10.1 Å². The Hall–Kier alpha value is -3.03. The molecule has 0 fully saturated rings. The molecule has 2 N–H and O–H groups in total. The molecule has 30 heavy (non-hydrogen) atoms. The van der Waals surface area contributed by atoms with E-state index in [0.717, 1.165) is 28.7 Å². The van der Waals surface area contributed by atoms with Gasteiger partial charge >= 0.3 is 0 Å². The monoisotopic (exact) mass is 443 g/mol. The summed E-state index contributed by atoms with van der Waals surface area (Å²) in [6.45, 7) is 0.818. The zero-order valence-corrected chi connectivity index (χ0v) is 17.5. The van der Waals surface area contributed by atoms with Gasteiger partial charge in [0.05, 0.1) is 22.8 Å². The number of anilines is 2. The Kier molecular flexibility index (Phi) is 6.51. The molecule has 0 atom stereocenters. The third kappa shape index (κ3) is 4.75. The van der Waals surface area contributed by atoms with Gasteiger partial charge in [-0.05, 0) is 42.8 Å². The van der Waals surface area contributed by atoms with Gasteiger partial charge in [-0.2, -0.15) is 0 Å². The lowest BCUT2D eigenvalue weighted by atomic mass is 10.2. The van der Waals surface area contributed by atoms with E-state index in [-0.39, 0.29) is 0 Å². The minimum absolute atomic E-state index is 0.340. The van der Waals surface area contributed by atoms with Crippen molar-refractivity contribution in [2.75, 3.05) is 17.8 Å². The molecule has 0 aliphatic carbocycles. The highest BCUT2D eigenvalue weighted by Gasteiger charge is 2.14. The molecule has 0 spiro atoms. The van der Waals surface area contributed by atoms with Crippen molar-refractivity contribution in [3.8, 4) is 11.6 Å². The molecular formula is C21H19Cl2N5O2. The zero-order valence-electron chi connectivity index (χ0n) is 15.9. The average molecular weight is 444 g/mol. The summed E-state index contributed by atoms with van der Waals surface area (Å²) in [6.07, 6.45) is 4.15. The Bertz CT molecular complexity index is 1120. The fraction of sp³-hybridized carbons (Fsp3) is 0.190. The molecule has 3 heterocycles. The number of nitrogens with zero attached hydrogens (tertiary/aromatic N) is 3. The van der Waals surface area contributed by atoms with Gasteiger partial charge in [0.1, 0.15) is 23.6 Å². The maximum Gasteiger partial charge on any atom is 0.244 e. The minimum atomic E-state index is 0.340. The Morgan fingerprint density at radius 2 is 1.97 bits per heavy atom. The Balaban J connectivity index is 1.50. The Morgan fingerprint density at radius 1 is 1.03 bits per heavy atom. The second-order valence-electron chi connectivity index (χ2n) is 6.38. The first-order valence-corrected chi connectivity index (χ1v) is 10.3. The number of aromatic nitrogens is 4. The molecule has 154 valence electrons. The fourth-order valence-corrected chi connectivity index (χ4v) is 3.17. The quantitative estimate of drug-likeness (QED) is 0.268. The van der Waals surface area contributed by atoms with E-state index in [1.165, 1.54) is 0 Å². The van der Waals surface area contributed by atoms with E-state index in [1.807, 2.05) is 30.3 Å². The van der Waals surface area contributed by atoms with Crippen LogP contribution in [0.4, 0.5) is 11.5 Å². The second kappa shape index (κ2) is 9.65. The summed E-state index contributed by atoms with van der Waals surface area (Å²) < 4.78 is 11.5. The largest absolute Gasteiger partial charge is 0.486 e. The van der Waals surface area contributed by atoms with Gasteiger partial charge in [-0.25, -0.2) is 4.98 Å². The fourth-order valence-electron chi connectivity index (χ4n) is 2.83. The summed E-state index contributed by atoms with van der Waals surface area (Å²) in [4.78, 5) is 8.67. The van der Waals surface area contributed by atoms with E-state index in [2.05, 4.69) is 25.5 Å². The molecule has 1 aromatic carbocycles. The zero-order chi connectivity index (χ0) is 20.8. The number of aromatic amines is 1. The second-order valence-corrected chi connectivity index (χ2v) is 7.17. The number of pyridine rings is 2. The molecule has 0 aliphatic heterocycles. The molecule has 0 aliphatic rings. The lowest BCUT2D eigenvalue weighted by molar-refractivity contribution is 0.301. The van der Waals surface area contributed by atoms with Crippen molar-refractivity contribution in [3.63, 3.8) is 0 Å². The number of benzene rings is 1. The molecule has 4 aromatic rings. The van der Waals surface area contributed by atoms with E-state index in [0.29, 0.717) is 41.6 Å². The predicted molar refractivity (Wildman–Crippen MR) is 118 cm³/mol. The van der Waals surface area contributed by atoms with Crippen LogP contribution in [0.25, 0.3) is 10.9 Å². The summed E-state index contributed by atoms with van der Waals surface area (Å²) in [5, 5.41) is 11.7. The van der Waals surface area contributed by atoms with Crippen LogP contribution in [0.1, 0.15) is 12.1 Å². The number of rotatable bonds is 9. The van der Waals surface area contributed by atoms with Gasteiger partial charge < -0.3 is 14.8 Å². The Labute approximate surface area is 183 Å². The normalized spacial score (nSPS) is 10.9. The topological polar surface area (TPSA) is 85.0 Å². The SMILES string of the molecule is ClCCCOc1n[nH]c2ccnc(Nc3ccc(OCc4ccccn4)c(Cl)c3)c12. The van der Waals surface area contributed by atoms with Crippen molar-refractivity contribution < 1.29 is 9.47 Å². The molecule has 0 saturated carbocycles. The first kappa shape index (κ1) is 20.3. The summed E-state index contributed by atoms with van der Waals surface area (Å²) in [5.41, 5.74) is 2.40. The van der Waals surface area contributed by atoms with Crippen molar-refractivity contribution >= 4 is 45.6 Å². The van der Waals surface area contributed by atoms with Gasteiger partial charge in [0.15, 0.2) is 0 Å². The van der Waals surface area contributed by atoms with Gasteiger partial charge in [0, 0.05) is 24.0 Å². The number of fused-ring (bicyclic) bond motifs is 1. The molecule has 0 unspecified atom stereocenters. The van der Waals surface area contributed by atoms with Crippen LogP contribution in [0.2, 0.25) is 5.02 Å². The number of hydrogen-bond donors (Lipinski definition) is 2. The number of nitrogens with one attached hydrogen (secondary N) is 2. The minimum Gasteiger partial charge on any atom is -0.486 e. The number of alkyl halides is 1. The van der Waals surface area contributed by atoms with E-state index in [4.69, 9.17) is 32.7 Å². The van der Waals surface area contributed by atoms with Crippen LogP contribution in [-0.4, -0.2) is 32.7 Å². The lowest BCUT2D eigenvalue weighted by Crippen LogP contribution is -2.00. The molecule has 9 heteroatoms. The van der Waals surface area contributed by atoms with E-state index < -0.39 is 0 Å². The van der Waals surface area contributed by atoms with Gasteiger partial charge in [0.25, 0.3) is 0 Å². The summed E-state index contributed by atoms with van der Waals surface area (Å²) in [5.74, 6) is 2.19. The number of hydrogen-bond acceptors (Lipinski definition) is 6. The summed E-state index contributed by atoms with van der Waals surface area (Å²) >= 11 is 12.1. The van der Waals surface area contributed by atoms with Gasteiger partial charge in [-0.15, -0.1) is 16.7 Å². The molecule has 0 bridgehead atoms. The highest BCUT2D eigenvalue weighted by Crippen LogP contribution is 2.33. The highest BCUT2D eigenvalue weighted by atomic mass is 35.5. The lowest BCUT2D eigenvalue weighted by Gasteiger charge is -2.11. The van der Waals surface area contributed by atoms with Gasteiger partial charge in [-0.1, -0.05) is 17.7 Å². The van der Waals surface area contributed by atoms with Crippen LogP contribution in [0.3, 0.4) is 0 Å². The van der Waals surface area contributed by atoms with Crippen LogP contribution in [-0.2, 0) is 6.61 Å². The predicted octanol–water partition coefficient (Wildman–Crippen LogP) is 5.34. The van der Waals surface area contributed by atoms with E-state index >= 15 is 0 Å². The van der Waals surface area contributed by atoms with Crippen molar-refractivity contribution in [1.82, 2.24) is 20.2 Å². The molecule has 4 rings (SSSR count). The van der Waals surface area contributed by atoms with Crippen LogP contribution in [0, 0.1) is 0 Å². The first-order valence-electron chi connectivity index (χ1n) is 9.35. The third-order valence-electron chi connectivity index (χ3n) is 4.26. The smallest absolute Gasteiger partial charge is 0.244 e. The van der Waals surface area contributed by atoms with Crippen LogP contribution in [0.5, 0.6) is 11.6 Å². The van der Waals surface area contributed by atoms with Gasteiger partial charge in [0.2, 0.25) is 5.88 Å². The molecule has 0 saturated heterocycles. The number of H-pyrrole nitrogens is 1. The third-order valence-corrected chi connectivity index (χ3v) is 4.82. The average Bonchev–Trinajstić information content (AvgIpc) is 3.18. The molecule has 0 amide bonds. The van der Waals surface area contributed by atoms with E-state index in [9.17, 15) is 0 Å². The number of halogens is 2. The van der Waals surface area contributed by atoms with Crippen LogP contribution in [0.15, 0.2) is 54.9 Å². The molecular weight excluding hydrogens is 425 g/mol.